The van der Waals surface area contributed by atoms with Crippen molar-refractivity contribution in [2.45, 2.75) is 38.1 Å². The molecule has 2 aromatic rings. The number of nitrogens with zero attached hydrogens (tertiary/aromatic N) is 3. The molecule has 1 aromatic carbocycles. The summed E-state index contributed by atoms with van der Waals surface area (Å²) in [5.41, 5.74) is 1.93. The SMILES string of the molecule is CCC1(n2nnc3ccc(C(=O)O)cc32)CCC1. The summed E-state index contributed by atoms with van der Waals surface area (Å²) in [6.45, 7) is 2.15. The van der Waals surface area contributed by atoms with E-state index in [4.69, 9.17) is 5.11 Å². The normalized spacial score (nSPS) is 17.6. The standard InChI is InChI=1S/C13H15N3O2/c1-2-13(6-3-7-13)16-11-8-9(12(17)18)4-5-10(11)14-15-16/h4-5,8H,2-3,6-7H2,1H3,(H,17,18). The molecule has 1 N–H and O–H groups in total. The number of carboxylic acid groups (broad SMARTS) is 1. The van der Waals surface area contributed by atoms with Gasteiger partial charge in [-0.05, 0) is 43.9 Å². The number of carbonyl (C=O) groups is 1. The van der Waals surface area contributed by atoms with E-state index in [9.17, 15) is 4.79 Å². The van der Waals surface area contributed by atoms with Crippen molar-refractivity contribution < 1.29 is 9.90 Å². The van der Waals surface area contributed by atoms with Gasteiger partial charge in [-0.25, -0.2) is 9.48 Å². The van der Waals surface area contributed by atoms with Gasteiger partial charge in [0.05, 0.1) is 16.6 Å². The molecule has 1 fully saturated rings. The molecule has 1 saturated carbocycles. The van der Waals surface area contributed by atoms with Gasteiger partial charge in [0.15, 0.2) is 0 Å². The molecule has 0 atom stereocenters. The summed E-state index contributed by atoms with van der Waals surface area (Å²) in [6.07, 6.45) is 4.40. The molecule has 94 valence electrons. The smallest absolute Gasteiger partial charge is 0.335 e. The monoisotopic (exact) mass is 245 g/mol. The van der Waals surface area contributed by atoms with Crippen LogP contribution in [-0.4, -0.2) is 26.1 Å². The Bertz CT molecular complexity index is 608. The zero-order valence-corrected chi connectivity index (χ0v) is 10.3. The van der Waals surface area contributed by atoms with Gasteiger partial charge in [0, 0.05) is 0 Å². The fraction of sp³-hybridized carbons (Fsp3) is 0.462. The van der Waals surface area contributed by atoms with E-state index < -0.39 is 5.97 Å². The number of hydrogen-bond donors (Lipinski definition) is 1. The molecule has 5 nitrogen and oxygen atoms in total. The second-order valence-corrected chi connectivity index (χ2v) is 4.94. The van der Waals surface area contributed by atoms with E-state index in [0.717, 1.165) is 30.3 Å². The number of rotatable bonds is 3. The van der Waals surface area contributed by atoms with Crippen molar-refractivity contribution in [1.29, 1.82) is 0 Å². The van der Waals surface area contributed by atoms with Crippen LogP contribution in [0.5, 0.6) is 0 Å². The maximum Gasteiger partial charge on any atom is 0.335 e. The highest BCUT2D eigenvalue weighted by molar-refractivity contribution is 5.92. The van der Waals surface area contributed by atoms with Gasteiger partial charge >= 0.3 is 5.97 Å². The average molecular weight is 245 g/mol. The third-order valence-electron chi connectivity index (χ3n) is 4.08. The molecule has 0 amide bonds. The fourth-order valence-corrected chi connectivity index (χ4v) is 2.70. The zero-order valence-electron chi connectivity index (χ0n) is 10.3. The minimum absolute atomic E-state index is 0.0475. The van der Waals surface area contributed by atoms with Crippen LogP contribution in [0.2, 0.25) is 0 Å². The van der Waals surface area contributed by atoms with Crippen LogP contribution in [0.25, 0.3) is 11.0 Å². The molecule has 0 saturated heterocycles. The van der Waals surface area contributed by atoms with Crippen molar-refractivity contribution in [2.75, 3.05) is 0 Å². The maximum absolute atomic E-state index is 11.0. The molecular weight excluding hydrogens is 230 g/mol. The lowest BCUT2D eigenvalue weighted by atomic mass is 9.75. The third-order valence-corrected chi connectivity index (χ3v) is 4.08. The zero-order chi connectivity index (χ0) is 12.8. The molecule has 18 heavy (non-hydrogen) atoms. The van der Waals surface area contributed by atoms with E-state index in [1.54, 1.807) is 18.2 Å². The first kappa shape index (κ1) is 11.2. The van der Waals surface area contributed by atoms with Crippen LogP contribution in [0.3, 0.4) is 0 Å². The van der Waals surface area contributed by atoms with Crippen LogP contribution in [0.15, 0.2) is 18.2 Å². The highest BCUT2D eigenvalue weighted by Gasteiger charge is 2.39. The Morgan fingerprint density at radius 1 is 1.50 bits per heavy atom. The van der Waals surface area contributed by atoms with Crippen molar-refractivity contribution in [1.82, 2.24) is 15.0 Å². The first-order chi connectivity index (χ1) is 8.66. The summed E-state index contributed by atoms with van der Waals surface area (Å²) in [7, 11) is 0. The molecule has 0 bridgehead atoms. The molecule has 0 radical (unpaired) electrons. The largest absolute Gasteiger partial charge is 0.478 e. The highest BCUT2D eigenvalue weighted by Crippen LogP contribution is 2.42. The van der Waals surface area contributed by atoms with Crippen molar-refractivity contribution in [2.24, 2.45) is 0 Å². The summed E-state index contributed by atoms with van der Waals surface area (Å²) < 4.78 is 1.93. The lowest BCUT2D eigenvalue weighted by molar-refractivity contribution is 0.0696. The van der Waals surface area contributed by atoms with Crippen LogP contribution < -0.4 is 0 Å². The quantitative estimate of drug-likeness (QED) is 0.901. The van der Waals surface area contributed by atoms with Crippen molar-refractivity contribution in [3.05, 3.63) is 23.8 Å². The summed E-state index contributed by atoms with van der Waals surface area (Å²) in [4.78, 5) is 11.0. The Labute approximate surface area is 104 Å². The van der Waals surface area contributed by atoms with Gasteiger partial charge in [0.2, 0.25) is 0 Å². The molecule has 1 aromatic heterocycles. The molecule has 1 heterocycles. The highest BCUT2D eigenvalue weighted by atomic mass is 16.4. The van der Waals surface area contributed by atoms with Gasteiger partial charge in [-0.3, -0.25) is 0 Å². The molecular formula is C13H15N3O2. The van der Waals surface area contributed by atoms with E-state index >= 15 is 0 Å². The van der Waals surface area contributed by atoms with Crippen LogP contribution >= 0.6 is 0 Å². The molecule has 1 aliphatic carbocycles. The predicted molar refractivity (Wildman–Crippen MR) is 66.6 cm³/mol. The van der Waals surface area contributed by atoms with Gasteiger partial charge in [-0.2, -0.15) is 0 Å². The topological polar surface area (TPSA) is 68.0 Å². The Morgan fingerprint density at radius 3 is 2.83 bits per heavy atom. The van der Waals surface area contributed by atoms with E-state index in [1.807, 2.05) is 4.68 Å². The average Bonchev–Trinajstić information content (AvgIpc) is 2.72. The minimum atomic E-state index is -0.913. The second-order valence-electron chi connectivity index (χ2n) is 4.94. The number of benzene rings is 1. The second kappa shape index (κ2) is 3.80. The van der Waals surface area contributed by atoms with E-state index in [1.165, 1.54) is 6.42 Å². The first-order valence-electron chi connectivity index (χ1n) is 6.25. The number of carboxylic acids is 1. The van der Waals surface area contributed by atoms with E-state index in [-0.39, 0.29) is 11.1 Å². The lowest BCUT2D eigenvalue weighted by Gasteiger charge is -2.41. The Hall–Kier alpha value is -1.91. The molecule has 0 aliphatic heterocycles. The first-order valence-corrected chi connectivity index (χ1v) is 6.25. The predicted octanol–water partition coefficient (Wildman–Crippen LogP) is 2.42. The number of hydrogen-bond acceptors (Lipinski definition) is 3. The molecule has 5 heteroatoms. The molecule has 3 rings (SSSR count). The van der Waals surface area contributed by atoms with Gasteiger partial charge in [-0.15, -0.1) is 5.10 Å². The van der Waals surface area contributed by atoms with E-state index in [2.05, 4.69) is 17.2 Å². The summed E-state index contributed by atoms with van der Waals surface area (Å²) in [5.74, 6) is -0.913. The lowest BCUT2D eigenvalue weighted by Crippen LogP contribution is -2.40. The number of aromatic nitrogens is 3. The van der Waals surface area contributed by atoms with Crippen molar-refractivity contribution in [3.63, 3.8) is 0 Å². The summed E-state index contributed by atoms with van der Waals surface area (Å²) in [6, 6.07) is 4.97. The summed E-state index contributed by atoms with van der Waals surface area (Å²) >= 11 is 0. The number of fused-ring (bicyclic) bond motifs is 1. The summed E-state index contributed by atoms with van der Waals surface area (Å²) in [5, 5.41) is 17.4. The maximum atomic E-state index is 11.0. The van der Waals surface area contributed by atoms with Crippen molar-refractivity contribution in [3.8, 4) is 0 Å². The van der Waals surface area contributed by atoms with Crippen LogP contribution in [-0.2, 0) is 5.54 Å². The van der Waals surface area contributed by atoms with E-state index in [0.29, 0.717) is 0 Å². The molecule has 0 spiro atoms. The fourth-order valence-electron chi connectivity index (χ4n) is 2.70. The van der Waals surface area contributed by atoms with Crippen LogP contribution in [0.4, 0.5) is 0 Å². The van der Waals surface area contributed by atoms with Gasteiger partial charge < -0.3 is 5.11 Å². The van der Waals surface area contributed by atoms with Gasteiger partial charge in [-0.1, -0.05) is 12.1 Å². The van der Waals surface area contributed by atoms with Gasteiger partial charge in [0.25, 0.3) is 0 Å². The van der Waals surface area contributed by atoms with Gasteiger partial charge in [0.1, 0.15) is 5.52 Å². The molecule has 0 unspecified atom stereocenters. The Morgan fingerprint density at radius 2 is 2.28 bits per heavy atom. The van der Waals surface area contributed by atoms with Crippen LogP contribution in [0.1, 0.15) is 43.0 Å². The molecule has 1 aliphatic rings. The van der Waals surface area contributed by atoms with Crippen LogP contribution in [0, 0.1) is 0 Å². The Kier molecular flexibility index (Phi) is 2.36. The third kappa shape index (κ3) is 1.43. The minimum Gasteiger partial charge on any atom is -0.478 e. The van der Waals surface area contributed by atoms with Crippen molar-refractivity contribution >= 4 is 17.0 Å². The Balaban J connectivity index is 2.18. The number of aromatic carboxylic acids is 1.